The molecule has 1 aliphatic heterocycles. The van der Waals surface area contributed by atoms with Crippen molar-refractivity contribution in [3.63, 3.8) is 0 Å². The van der Waals surface area contributed by atoms with Crippen molar-refractivity contribution in [3.05, 3.63) is 68.3 Å². The zero-order valence-electron chi connectivity index (χ0n) is 14.9. The van der Waals surface area contributed by atoms with Crippen LogP contribution >= 0.6 is 23.2 Å². The molecule has 1 N–H and O–H groups in total. The third-order valence-electron chi connectivity index (χ3n) is 5.50. The number of fused-ring (bicyclic) bond motifs is 1. The summed E-state index contributed by atoms with van der Waals surface area (Å²) in [6.45, 7) is 3.57. The maximum atomic E-state index is 14.2. The molecule has 3 aromatic rings. The molecule has 0 amide bonds. The molecular weight excluding hydrogens is 388 g/mol. The van der Waals surface area contributed by atoms with Gasteiger partial charge in [0.1, 0.15) is 5.82 Å². The molecule has 1 saturated heterocycles. The molecule has 1 fully saturated rings. The summed E-state index contributed by atoms with van der Waals surface area (Å²) in [5.74, 6) is -0.278. The first kappa shape index (κ1) is 18.5. The fraction of sp³-hybridized carbons (Fsp3) is 0.350. The van der Waals surface area contributed by atoms with E-state index in [9.17, 15) is 9.18 Å². The van der Waals surface area contributed by atoms with Crippen LogP contribution in [0.1, 0.15) is 37.4 Å². The van der Waals surface area contributed by atoms with Gasteiger partial charge in [-0.25, -0.2) is 9.18 Å². The number of imidazole rings is 1. The van der Waals surface area contributed by atoms with Crippen LogP contribution in [0.3, 0.4) is 0 Å². The summed E-state index contributed by atoms with van der Waals surface area (Å²) in [5.41, 5.74) is 2.17. The zero-order valence-corrected chi connectivity index (χ0v) is 16.4. The summed E-state index contributed by atoms with van der Waals surface area (Å²) in [5, 5.41) is 1.01. The second kappa shape index (κ2) is 7.30. The molecule has 0 radical (unpaired) electrons. The van der Waals surface area contributed by atoms with E-state index in [1.807, 2.05) is 23.6 Å². The lowest BCUT2D eigenvalue weighted by Crippen LogP contribution is -2.38. The van der Waals surface area contributed by atoms with Gasteiger partial charge in [0.25, 0.3) is 0 Å². The Kier molecular flexibility index (Phi) is 5.01. The van der Waals surface area contributed by atoms with Gasteiger partial charge in [0, 0.05) is 40.8 Å². The lowest BCUT2D eigenvalue weighted by Gasteiger charge is -2.36. The first-order valence-electron chi connectivity index (χ1n) is 9.03. The highest BCUT2D eigenvalue weighted by Gasteiger charge is 2.27. The van der Waals surface area contributed by atoms with Crippen molar-refractivity contribution < 1.29 is 4.39 Å². The molecule has 0 aliphatic carbocycles. The fourth-order valence-electron chi connectivity index (χ4n) is 4.03. The van der Waals surface area contributed by atoms with Crippen molar-refractivity contribution in [1.82, 2.24) is 14.5 Å². The smallest absolute Gasteiger partial charge is 0.306 e. The van der Waals surface area contributed by atoms with Crippen molar-refractivity contribution >= 4 is 34.2 Å². The zero-order chi connectivity index (χ0) is 19.1. The average molecular weight is 408 g/mol. The number of aromatic amines is 1. The van der Waals surface area contributed by atoms with Crippen molar-refractivity contribution in [2.75, 3.05) is 13.1 Å². The molecule has 7 heteroatoms. The summed E-state index contributed by atoms with van der Waals surface area (Å²) in [4.78, 5) is 17.6. The van der Waals surface area contributed by atoms with Crippen LogP contribution in [-0.4, -0.2) is 27.5 Å². The predicted octanol–water partition coefficient (Wildman–Crippen LogP) is 5.17. The largest absolute Gasteiger partial charge is 0.326 e. The number of hydrogen-bond donors (Lipinski definition) is 1. The van der Waals surface area contributed by atoms with Crippen molar-refractivity contribution in [3.8, 4) is 0 Å². The SMILES string of the molecule is CC(c1ccc(Cl)cc1F)N1CCC(n2c(=O)[nH]c3ccc(Cl)cc32)CC1. The van der Waals surface area contributed by atoms with Gasteiger partial charge in [-0.15, -0.1) is 0 Å². The van der Waals surface area contributed by atoms with E-state index in [-0.39, 0.29) is 23.6 Å². The molecule has 0 saturated carbocycles. The minimum atomic E-state index is -0.278. The van der Waals surface area contributed by atoms with Crippen LogP contribution < -0.4 is 5.69 Å². The maximum Gasteiger partial charge on any atom is 0.326 e. The monoisotopic (exact) mass is 407 g/mol. The van der Waals surface area contributed by atoms with E-state index in [4.69, 9.17) is 23.2 Å². The molecule has 4 rings (SSSR count). The van der Waals surface area contributed by atoms with E-state index in [0.29, 0.717) is 15.6 Å². The van der Waals surface area contributed by atoms with Gasteiger partial charge >= 0.3 is 5.69 Å². The second-order valence-electron chi connectivity index (χ2n) is 7.07. The molecule has 142 valence electrons. The summed E-state index contributed by atoms with van der Waals surface area (Å²) in [6.07, 6.45) is 1.64. The number of likely N-dealkylation sites (tertiary alicyclic amines) is 1. The number of aromatic nitrogens is 2. The third kappa shape index (κ3) is 3.51. The van der Waals surface area contributed by atoms with Crippen molar-refractivity contribution in [2.24, 2.45) is 0 Å². The van der Waals surface area contributed by atoms with Crippen LogP contribution in [0.4, 0.5) is 4.39 Å². The van der Waals surface area contributed by atoms with Crippen LogP contribution in [0, 0.1) is 5.82 Å². The maximum absolute atomic E-state index is 14.2. The fourth-order valence-corrected chi connectivity index (χ4v) is 4.35. The number of nitrogens with one attached hydrogen (secondary N) is 1. The second-order valence-corrected chi connectivity index (χ2v) is 7.94. The summed E-state index contributed by atoms with van der Waals surface area (Å²) in [7, 11) is 0. The number of rotatable bonds is 3. The number of halogens is 3. The molecule has 2 aromatic carbocycles. The summed E-state index contributed by atoms with van der Waals surface area (Å²) >= 11 is 12.0. The van der Waals surface area contributed by atoms with E-state index >= 15 is 0 Å². The van der Waals surface area contributed by atoms with Crippen LogP contribution in [0.15, 0.2) is 41.2 Å². The lowest BCUT2D eigenvalue weighted by atomic mass is 9.99. The van der Waals surface area contributed by atoms with Gasteiger partial charge < -0.3 is 4.98 Å². The molecular formula is C20H20Cl2FN3O. The third-order valence-corrected chi connectivity index (χ3v) is 5.97. The highest BCUT2D eigenvalue weighted by Crippen LogP contribution is 2.32. The van der Waals surface area contributed by atoms with Gasteiger partial charge in [0.05, 0.1) is 11.0 Å². The Morgan fingerprint density at radius 2 is 1.78 bits per heavy atom. The minimum absolute atomic E-state index is 0.0441. The highest BCUT2D eigenvalue weighted by molar-refractivity contribution is 6.31. The Hall–Kier alpha value is -1.82. The molecule has 1 aliphatic rings. The number of nitrogens with zero attached hydrogens (tertiary/aromatic N) is 2. The van der Waals surface area contributed by atoms with Gasteiger partial charge in [-0.2, -0.15) is 0 Å². The average Bonchev–Trinajstić information content (AvgIpc) is 2.96. The number of piperidine rings is 1. The van der Waals surface area contributed by atoms with Gasteiger partial charge in [-0.3, -0.25) is 9.47 Å². The van der Waals surface area contributed by atoms with Gasteiger partial charge in [-0.05, 0) is 50.1 Å². The van der Waals surface area contributed by atoms with Crippen LogP contribution in [0.5, 0.6) is 0 Å². The van der Waals surface area contributed by atoms with Gasteiger partial charge in [0.15, 0.2) is 0 Å². The number of benzene rings is 2. The quantitative estimate of drug-likeness (QED) is 0.650. The Morgan fingerprint density at radius 1 is 1.11 bits per heavy atom. The van der Waals surface area contributed by atoms with Crippen LogP contribution in [-0.2, 0) is 0 Å². The molecule has 4 nitrogen and oxygen atoms in total. The Bertz CT molecular complexity index is 1040. The van der Waals surface area contributed by atoms with Gasteiger partial charge in [-0.1, -0.05) is 29.3 Å². The van der Waals surface area contributed by atoms with Gasteiger partial charge in [0.2, 0.25) is 0 Å². The molecule has 2 heterocycles. The van der Waals surface area contributed by atoms with E-state index in [2.05, 4.69) is 9.88 Å². The Morgan fingerprint density at radius 3 is 2.48 bits per heavy atom. The normalized spacial score (nSPS) is 17.5. The lowest BCUT2D eigenvalue weighted by molar-refractivity contribution is 0.141. The van der Waals surface area contributed by atoms with E-state index in [1.165, 1.54) is 6.07 Å². The molecule has 1 unspecified atom stereocenters. The molecule has 1 aromatic heterocycles. The first-order chi connectivity index (χ1) is 12.9. The van der Waals surface area contributed by atoms with E-state index in [0.717, 1.165) is 37.0 Å². The Labute approximate surface area is 166 Å². The van der Waals surface area contributed by atoms with Crippen LogP contribution in [0.25, 0.3) is 11.0 Å². The summed E-state index contributed by atoms with van der Waals surface area (Å²) < 4.78 is 16.1. The number of hydrogen-bond acceptors (Lipinski definition) is 2. The predicted molar refractivity (Wildman–Crippen MR) is 107 cm³/mol. The molecule has 1 atom stereocenters. The van der Waals surface area contributed by atoms with Crippen LogP contribution in [0.2, 0.25) is 10.0 Å². The van der Waals surface area contributed by atoms with Crippen molar-refractivity contribution in [2.45, 2.75) is 31.8 Å². The van der Waals surface area contributed by atoms with E-state index < -0.39 is 0 Å². The highest BCUT2D eigenvalue weighted by atomic mass is 35.5. The minimum Gasteiger partial charge on any atom is -0.306 e. The standard InChI is InChI=1S/C20H20Cl2FN3O/c1-12(16-4-2-13(21)10-17(16)23)25-8-6-15(7-9-25)26-19-11-14(22)3-5-18(19)24-20(26)27/h2-5,10-12,15H,6-9H2,1H3,(H,24,27). The first-order valence-corrected chi connectivity index (χ1v) is 9.78. The summed E-state index contributed by atoms with van der Waals surface area (Å²) in [6, 6.07) is 10.3. The molecule has 0 spiro atoms. The topological polar surface area (TPSA) is 41.0 Å². The number of H-pyrrole nitrogens is 1. The molecule has 0 bridgehead atoms. The van der Waals surface area contributed by atoms with E-state index in [1.54, 1.807) is 18.2 Å². The van der Waals surface area contributed by atoms with Crippen molar-refractivity contribution in [1.29, 1.82) is 0 Å². The Balaban J connectivity index is 1.53. The molecule has 27 heavy (non-hydrogen) atoms.